The van der Waals surface area contributed by atoms with Crippen molar-refractivity contribution in [3.05, 3.63) is 147 Å². The van der Waals surface area contributed by atoms with Crippen LogP contribution in [0.15, 0.2) is 102 Å². The van der Waals surface area contributed by atoms with Crippen LogP contribution >= 0.6 is 0 Å². The van der Waals surface area contributed by atoms with Gasteiger partial charge in [0.25, 0.3) is 23.3 Å². The summed E-state index contributed by atoms with van der Waals surface area (Å²) in [7, 11) is 0. The van der Waals surface area contributed by atoms with Gasteiger partial charge in [-0.3, -0.25) is 29.1 Å². The molecule has 5 heterocycles. The third-order valence-electron chi connectivity index (χ3n) is 12.6. The van der Waals surface area contributed by atoms with Crippen molar-refractivity contribution in [2.45, 2.75) is 64.1 Å². The molecule has 0 spiro atoms. The minimum Gasteiger partial charge on any atom is -0.368 e. The summed E-state index contributed by atoms with van der Waals surface area (Å²) in [6.45, 7) is 8.03. The number of piperazine rings is 1. The number of nitrogens with one attached hydrogen (secondary N) is 3. The van der Waals surface area contributed by atoms with Crippen LogP contribution in [-0.4, -0.2) is 94.8 Å². The lowest BCUT2D eigenvalue weighted by Crippen LogP contribution is -2.46. The maximum Gasteiger partial charge on any atom is 0.417 e. The van der Waals surface area contributed by atoms with E-state index in [1.54, 1.807) is 29.3 Å². The molecule has 2 fully saturated rings. The molecule has 12 nitrogen and oxygen atoms in total. The minimum absolute atomic E-state index is 0.0189. The number of fused-ring (bicyclic) bond motifs is 2. The van der Waals surface area contributed by atoms with Crippen molar-refractivity contribution in [2.75, 3.05) is 57.3 Å². The van der Waals surface area contributed by atoms with Crippen LogP contribution in [0.5, 0.6) is 0 Å². The predicted molar refractivity (Wildman–Crippen MR) is 245 cm³/mol. The van der Waals surface area contributed by atoms with Crippen molar-refractivity contribution in [1.29, 1.82) is 0 Å². The number of amides is 3. The van der Waals surface area contributed by atoms with Crippen molar-refractivity contribution in [3.8, 4) is 0 Å². The van der Waals surface area contributed by atoms with Gasteiger partial charge in [-0.15, -0.1) is 0 Å². The number of rotatable bonds is 14. The number of benzene rings is 3. The summed E-state index contributed by atoms with van der Waals surface area (Å²) in [5.74, 6) is -0.457. The van der Waals surface area contributed by atoms with Crippen molar-refractivity contribution in [1.82, 2.24) is 35.4 Å². The molecule has 3 N–H and O–H groups in total. The van der Waals surface area contributed by atoms with E-state index in [9.17, 15) is 32.3 Å². The average molecular weight is 887 g/mol. The third-order valence-corrected chi connectivity index (χ3v) is 12.6. The smallest absolute Gasteiger partial charge is 0.368 e. The van der Waals surface area contributed by atoms with Crippen LogP contribution in [0, 0.1) is 0 Å². The highest BCUT2D eigenvalue weighted by atomic mass is 19.4. The van der Waals surface area contributed by atoms with E-state index in [1.165, 1.54) is 18.2 Å². The van der Waals surface area contributed by atoms with E-state index in [0.29, 0.717) is 62.1 Å². The number of aromatic nitrogens is 3. The van der Waals surface area contributed by atoms with E-state index < -0.39 is 11.7 Å². The molecule has 2 saturated heterocycles. The Morgan fingerprint density at radius 3 is 2.17 bits per heavy atom. The van der Waals surface area contributed by atoms with Crippen LogP contribution in [0.3, 0.4) is 0 Å². The molecule has 338 valence electrons. The first-order valence-electron chi connectivity index (χ1n) is 22.4. The molecule has 0 atom stereocenters. The number of hydrogen-bond acceptors (Lipinski definition) is 8. The number of unbranched alkanes of at least 4 members (excludes halogenated alkanes) is 2. The molecule has 0 bridgehead atoms. The molecule has 6 aromatic rings. The lowest BCUT2D eigenvalue weighted by Gasteiger charge is -2.36. The van der Waals surface area contributed by atoms with Gasteiger partial charge in [-0.25, -0.2) is 4.98 Å². The van der Waals surface area contributed by atoms with Crippen LogP contribution < -0.4 is 21.1 Å². The number of anilines is 1. The maximum atomic E-state index is 13.6. The summed E-state index contributed by atoms with van der Waals surface area (Å²) in [6.07, 6.45) is 3.54. The first-order valence-corrected chi connectivity index (χ1v) is 22.4. The van der Waals surface area contributed by atoms with Crippen molar-refractivity contribution >= 4 is 45.2 Å². The number of hydrogen-bond donors (Lipinski definition) is 3. The van der Waals surface area contributed by atoms with Crippen molar-refractivity contribution < 1.29 is 27.6 Å². The second-order valence-corrected chi connectivity index (χ2v) is 16.9. The Labute approximate surface area is 375 Å². The highest BCUT2D eigenvalue weighted by molar-refractivity contribution is 6.08. The number of nitrogens with zero attached hydrogens (tertiary/aromatic N) is 5. The molecular weight excluding hydrogens is 834 g/mol. The molecule has 0 radical (unpaired) electrons. The van der Waals surface area contributed by atoms with E-state index in [-0.39, 0.29) is 40.1 Å². The van der Waals surface area contributed by atoms with Gasteiger partial charge in [-0.2, -0.15) is 13.2 Å². The fourth-order valence-electron chi connectivity index (χ4n) is 8.91. The Morgan fingerprint density at radius 1 is 0.769 bits per heavy atom. The van der Waals surface area contributed by atoms with E-state index in [1.807, 2.05) is 55.6 Å². The number of pyridine rings is 3. The van der Waals surface area contributed by atoms with Gasteiger partial charge in [-0.1, -0.05) is 43.3 Å². The zero-order valence-electron chi connectivity index (χ0n) is 36.4. The van der Waals surface area contributed by atoms with Crippen LogP contribution in [0.2, 0.25) is 0 Å². The Hall–Kier alpha value is -6.61. The Morgan fingerprint density at radius 2 is 1.48 bits per heavy atom. The van der Waals surface area contributed by atoms with Crippen LogP contribution in [0.4, 0.5) is 18.9 Å². The van der Waals surface area contributed by atoms with Gasteiger partial charge in [0.05, 0.1) is 28.5 Å². The molecule has 0 unspecified atom stereocenters. The fourth-order valence-corrected chi connectivity index (χ4v) is 8.91. The first-order chi connectivity index (χ1) is 31.4. The van der Waals surface area contributed by atoms with Gasteiger partial charge in [0.2, 0.25) is 0 Å². The summed E-state index contributed by atoms with van der Waals surface area (Å²) in [5, 5.41) is 6.24. The van der Waals surface area contributed by atoms with E-state index in [2.05, 4.69) is 35.4 Å². The maximum absolute atomic E-state index is 13.6. The van der Waals surface area contributed by atoms with Gasteiger partial charge in [-0.05, 0) is 115 Å². The summed E-state index contributed by atoms with van der Waals surface area (Å²) < 4.78 is 40.9. The van der Waals surface area contributed by atoms with Crippen LogP contribution in [0.1, 0.15) is 98.4 Å². The number of aromatic amines is 1. The van der Waals surface area contributed by atoms with E-state index in [4.69, 9.17) is 0 Å². The fraction of sp³-hybridized carbons (Fsp3) is 0.360. The number of likely N-dealkylation sites (tertiary alicyclic amines) is 1. The predicted octanol–water partition coefficient (Wildman–Crippen LogP) is 7.72. The lowest BCUT2D eigenvalue weighted by atomic mass is 9.88. The summed E-state index contributed by atoms with van der Waals surface area (Å²) in [4.78, 5) is 69.7. The number of carbonyl (C=O) groups is 3. The molecule has 0 aliphatic carbocycles. The molecule has 8 rings (SSSR count). The monoisotopic (exact) mass is 886 g/mol. The highest BCUT2D eigenvalue weighted by Crippen LogP contribution is 2.36. The topological polar surface area (TPSA) is 144 Å². The molecule has 0 saturated carbocycles. The van der Waals surface area contributed by atoms with Crippen LogP contribution in [0.25, 0.3) is 21.8 Å². The van der Waals surface area contributed by atoms with Crippen molar-refractivity contribution in [3.63, 3.8) is 0 Å². The van der Waals surface area contributed by atoms with Gasteiger partial charge in [0, 0.05) is 81.8 Å². The number of halogens is 3. The number of aryl methyl sites for hydroxylation is 1. The number of H-pyrrole nitrogens is 1. The Bertz CT molecular complexity index is 2710. The number of carbonyl (C=O) groups excluding carboxylic acids is 3. The van der Waals surface area contributed by atoms with E-state index in [0.717, 1.165) is 91.5 Å². The first kappa shape index (κ1) is 45.0. The van der Waals surface area contributed by atoms with Gasteiger partial charge < -0.3 is 25.4 Å². The average Bonchev–Trinajstić information content (AvgIpc) is 3.32. The van der Waals surface area contributed by atoms with E-state index >= 15 is 0 Å². The molecule has 2 aliphatic rings. The molecule has 3 aromatic heterocycles. The summed E-state index contributed by atoms with van der Waals surface area (Å²) >= 11 is 0. The Balaban J connectivity index is 0.701. The van der Waals surface area contributed by atoms with Gasteiger partial charge >= 0.3 is 6.18 Å². The number of piperidine rings is 1. The Kier molecular flexibility index (Phi) is 13.9. The molecule has 15 heteroatoms. The lowest BCUT2D eigenvalue weighted by molar-refractivity contribution is -0.136. The largest absolute Gasteiger partial charge is 0.417 e. The molecule has 65 heavy (non-hydrogen) atoms. The van der Waals surface area contributed by atoms with Gasteiger partial charge in [0.15, 0.2) is 0 Å². The van der Waals surface area contributed by atoms with Crippen molar-refractivity contribution in [2.24, 2.45) is 0 Å². The zero-order chi connectivity index (χ0) is 45.5. The standard InChI is InChI=1S/C50H53F3N8O4/c1-2-34-29-44-45(58-47(34)63)28-33(30-56-44)32-59-24-26-60(27-25-59)38-16-17-43(57-31-38)48(64)55-21-5-3-4-20-54-46(62)37-14-12-35(13-15-37)36-18-22-61(23-19-36)49(65)41-10-6-9-40-39(41)8-7-11-42(40)50(51,52)53/h6-17,28-31,36H,2-5,18-27,32H2,1H3,(H,54,62)(H,55,64)(H,58,63). The number of alkyl halides is 3. The second-order valence-electron chi connectivity index (χ2n) is 16.9. The molecule has 3 aromatic carbocycles. The SMILES string of the molecule is CCc1cc2ncc(CN3CCN(c4ccc(C(=O)NCCCCCNC(=O)c5ccc(C6CCN(C(=O)c7cccc8c(C(F)(F)F)cccc78)CC6)cc5)nc4)CC3)cc2[nH]c1=O. The normalized spacial score (nSPS) is 15.1. The minimum atomic E-state index is -4.51. The summed E-state index contributed by atoms with van der Waals surface area (Å²) in [6, 6.07) is 23.5. The zero-order valence-corrected chi connectivity index (χ0v) is 36.4. The highest BCUT2D eigenvalue weighted by Gasteiger charge is 2.33. The quantitative estimate of drug-likeness (QED) is 0.0945. The van der Waals surface area contributed by atoms with Gasteiger partial charge in [0.1, 0.15) is 5.69 Å². The summed E-state index contributed by atoms with van der Waals surface area (Å²) in [5.41, 5.74) is 5.77. The molecule has 3 amide bonds. The second kappa shape index (κ2) is 20.1. The molecular formula is C50H53F3N8O4. The van der Waals surface area contributed by atoms with Crippen LogP contribution in [-0.2, 0) is 19.1 Å². The molecule has 2 aliphatic heterocycles. The third kappa shape index (κ3) is 10.7.